The summed E-state index contributed by atoms with van der Waals surface area (Å²) in [5.41, 5.74) is 2.10. The summed E-state index contributed by atoms with van der Waals surface area (Å²) in [4.78, 5) is 26.8. The number of nitrogens with zero attached hydrogens (tertiary/aromatic N) is 4. The zero-order valence-corrected chi connectivity index (χ0v) is 18.7. The number of carbonyl (C=O) groups is 1. The molecule has 35 heavy (non-hydrogen) atoms. The molecule has 0 saturated carbocycles. The van der Waals surface area contributed by atoms with Gasteiger partial charge >= 0.3 is 6.01 Å². The number of aromatic nitrogens is 3. The van der Waals surface area contributed by atoms with Crippen molar-refractivity contribution in [1.29, 1.82) is 5.26 Å². The van der Waals surface area contributed by atoms with Crippen molar-refractivity contribution in [1.82, 2.24) is 20.3 Å². The van der Waals surface area contributed by atoms with E-state index in [1.807, 2.05) is 0 Å². The molecule has 1 saturated heterocycles. The van der Waals surface area contributed by atoms with Crippen molar-refractivity contribution >= 4 is 39.3 Å². The molecule has 3 N–H and O–H groups in total. The number of anilines is 2. The Morgan fingerprint density at radius 2 is 2.03 bits per heavy atom. The van der Waals surface area contributed by atoms with Crippen LogP contribution in [0.5, 0.6) is 17.5 Å². The van der Waals surface area contributed by atoms with Gasteiger partial charge in [-0.3, -0.25) is 4.79 Å². The summed E-state index contributed by atoms with van der Waals surface area (Å²) in [5, 5.41) is 16.7. The molecular formula is C24H20FN7O3. The predicted molar refractivity (Wildman–Crippen MR) is 126 cm³/mol. The van der Waals surface area contributed by atoms with Crippen LogP contribution in [0.15, 0.2) is 30.3 Å². The van der Waals surface area contributed by atoms with Crippen molar-refractivity contribution in [2.45, 2.75) is 0 Å². The molecule has 11 heteroatoms. The maximum absolute atomic E-state index is 14.4. The molecule has 3 aliphatic heterocycles. The van der Waals surface area contributed by atoms with Crippen molar-refractivity contribution in [2.24, 2.45) is 5.92 Å². The molecule has 2 aromatic heterocycles. The summed E-state index contributed by atoms with van der Waals surface area (Å²) in [6.07, 6.45) is 0. The number of rotatable bonds is 1. The molecule has 0 aliphatic carbocycles. The lowest BCUT2D eigenvalue weighted by Gasteiger charge is -2.40. The third-order valence-corrected chi connectivity index (χ3v) is 6.19. The fourth-order valence-corrected chi connectivity index (χ4v) is 4.51. The summed E-state index contributed by atoms with van der Waals surface area (Å²) >= 11 is 0. The smallest absolute Gasteiger partial charge is 0.325 e. The minimum absolute atomic E-state index is 0.0686. The molecular weight excluding hydrogens is 453 g/mol. The molecule has 10 nitrogen and oxygen atoms in total. The second-order valence-electron chi connectivity index (χ2n) is 8.58. The Morgan fingerprint density at radius 3 is 2.83 bits per heavy atom. The SMILES string of the molecule is CNc1cc(F)cc2c1[nH]c1nc3nc(c12)N1CC(CNC(=O)COc2cc(C#N)cc(c2)O3)C1. The fraction of sp³-hybridized carbons (Fsp3) is 0.250. The van der Waals surface area contributed by atoms with Gasteiger partial charge in [0.2, 0.25) is 0 Å². The van der Waals surface area contributed by atoms with Gasteiger partial charge in [-0.15, -0.1) is 0 Å². The second-order valence-corrected chi connectivity index (χ2v) is 8.58. The lowest BCUT2D eigenvalue weighted by atomic mass is 9.99. The van der Waals surface area contributed by atoms with Gasteiger partial charge in [-0.25, -0.2) is 4.39 Å². The van der Waals surface area contributed by atoms with Crippen molar-refractivity contribution in [3.63, 3.8) is 0 Å². The Morgan fingerprint density at radius 1 is 1.20 bits per heavy atom. The molecule has 3 aliphatic rings. The monoisotopic (exact) mass is 473 g/mol. The lowest BCUT2D eigenvalue weighted by Crippen LogP contribution is -2.52. The van der Waals surface area contributed by atoms with Gasteiger partial charge in [0.1, 0.15) is 28.8 Å². The molecule has 0 unspecified atom stereocenters. The fourth-order valence-electron chi connectivity index (χ4n) is 4.51. The van der Waals surface area contributed by atoms with E-state index in [2.05, 4.69) is 36.6 Å². The third kappa shape index (κ3) is 3.69. The van der Waals surface area contributed by atoms with Gasteiger partial charge in [-0.1, -0.05) is 0 Å². The van der Waals surface area contributed by atoms with Gasteiger partial charge in [-0.2, -0.15) is 15.2 Å². The molecule has 0 atom stereocenters. The first-order chi connectivity index (χ1) is 17.0. The Labute approximate surface area is 198 Å². The molecule has 4 aromatic rings. The maximum atomic E-state index is 14.4. The third-order valence-electron chi connectivity index (χ3n) is 6.19. The number of halogens is 1. The van der Waals surface area contributed by atoms with Crippen LogP contribution in [-0.2, 0) is 4.79 Å². The molecule has 0 spiro atoms. The average Bonchev–Trinajstić information content (AvgIpc) is 3.18. The van der Waals surface area contributed by atoms with E-state index in [-0.39, 0.29) is 30.3 Å². The van der Waals surface area contributed by atoms with E-state index in [9.17, 15) is 14.4 Å². The van der Waals surface area contributed by atoms with Gasteiger partial charge in [0.05, 0.1) is 28.2 Å². The first kappa shape index (κ1) is 21.0. The lowest BCUT2D eigenvalue weighted by molar-refractivity contribution is -0.123. The van der Waals surface area contributed by atoms with Crippen LogP contribution in [0.1, 0.15) is 5.56 Å². The highest BCUT2D eigenvalue weighted by Crippen LogP contribution is 2.39. The molecule has 2 aromatic carbocycles. The van der Waals surface area contributed by atoms with E-state index >= 15 is 0 Å². The summed E-state index contributed by atoms with van der Waals surface area (Å²) in [6, 6.07) is 9.64. The number of amides is 1. The second kappa shape index (κ2) is 8.02. The Balaban J connectivity index is 1.54. The molecule has 7 rings (SSSR count). The van der Waals surface area contributed by atoms with Crippen LogP contribution in [0, 0.1) is 23.1 Å². The summed E-state index contributed by atoms with van der Waals surface area (Å²) in [7, 11) is 1.72. The molecule has 176 valence electrons. The van der Waals surface area contributed by atoms with E-state index in [0.29, 0.717) is 70.1 Å². The highest BCUT2D eigenvalue weighted by molar-refractivity contribution is 6.14. The maximum Gasteiger partial charge on any atom is 0.325 e. The average molecular weight is 473 g/mol. The molecule has 1 amide bonds. The van der Waals surface area contributed by atoms with Gasteiger partial charge in [-0.05, 0) is 24.3 Å². The van der Waals surface area contributed by atoms with Crippen LogP contribution < -0.4 is 25.0 Å². The molecule has 1 fully saturated rings. The molecule has 5 heterocycles. The minimum Gasteiger partial charge on any atom is -0.484 e. The van der Waals surface area contributed by atoms with E-state index < -0.39 is 0 Å². The highest BCUT2D eigenvalue weighted by atomic mass is 19.1. The van der Waals surface area contributed by atoms with Gasteiger partial charge in [0.15, 0.2) is 6.61 Å². The highest BCUT2D eigenvalue weighted by Gasteiger charge is 2.31. The minimum atomic E-state index is -0.377. The number of benzene rings is 2. The van der Waals surface area contributed by atoms with Gasteiger partial charge in [0, 0.05) is 44.1 Å². The molecule has 6 bridgehead atoms. The zero-order valence-electron chi connectivity index (χ0n) is 18.7. The first-order valence-corrected chi connectivity index (χ1v) is 11.1. The normalized spacial score (nSPS) is 15.8. The molecule has 0 radical (unpaired) electrons. The van der Waals surface area contributed by atoms with Crippen LogP contribution >= 0.6 is 0 Å². The van der Waals surface area contributed by atoms with E-state index in [1.165, 1.54) is 24.3 Å². The Kier molecular flexibility index (Phi) is 4.81. The number of carbonyl (C=O) groups excluding carboxylic acids is 1. The summed E-state index contributed by atoms with van der Waals surface area (Å²) < 4.78 is 26.0. The van der Waals surface area contributed by atoms with Gasteiger partial charge in [0.25, 0.3) is 5.91 Å². The largest absolute Gasteiger partial charge is 0.484 e. The van der Waals surface area contributed by atoms with Crippen LogP contribution in [0.4, 0.5) is 15.9 Å². The van der Waals surface area contributed by atoms with Crippen LogP contribution in [0.25, 0.3) is 21.9 Å². The number of fused-ring (bicyclic) bond motifs is 7. The van der Waals surface area contributed by atoms with Crippen LogP contribution in [-0.4, -0.2) is 54.1 Å². The number of hydrogen-bond donors (Lipinski definition) is 3. The summed E-state index contributed by atoms with van der Waals surface area (Å²) in [5.74, 6) is 0.807. The van der Waals surface area contributed by atoms with Crippen molar-refractivity contribution < 1.29 is 18.7 Å². The first-order valence-electron chi connectivity index (χ1n) is 11.1. The van der Waals surface area contributed by atoms with Crippen molar-refractivity contribution in [3.05, 3.63) is 41.7 Å². The van der Waals surface area contributed by atoms with Crippen molar-refractivity contribution in [3.8, 4) is 23.6 Å². The Bertz CT molecular complexity index is 1540. The summed E-state index contributed by atoms with van der Waals surface area (Å²) in [6.45, 7) is 1.62. The van der Waals surface area contributed by atoms with Crippen LogP contribution in [0.2, 0.25) is 0 Å². The zero-order chi connectivity index (χ0) is 24.1. The van der Waals surface area contributed by atoms with Crippen molar-refractivity contribution in [2.75, 3.05) is 43.5 Å². The topological polar surface area (TPSA) is 128 Å². The van der Waals surface area contributed by atoms with Crippen LogP contribution in [0.3, 0.4) is 0 Å². The van der Waals surface area contributed by atoms with E-state index in [4.69, 9.17) is 9.47 Å². The number of nitriles is 1. The number of nitrogens with one attached hydrogen (secondary N) is 3. The van der Waals surface area contributed by atoms with Gasteiger partial charge < -0.3 is 30.0 Å². The number of hydrogen-bond acceptors (Lipinski definition) is 8. The number of aromatic amines is 1. The number of H-pyrrole nitrogens is 1. The standard InChI is InChI=1S/C24H20FN7O3/c1-27-18-5-14(25)4-17-20-22(29-21(17)18)30-24-31-23(20)32-9-13(10-32)8-28-19(33)11-34-15-2-12(7-26)3-16(6-15)35-24/h2-6,13,27H,8-11H2,1H3,(H,28,33)(H,29,30,31). The van der Waals surface area contributed by atoms with E-state index in [1.54, 1.807) is 13.1 Å². The quantitative estimate of drug-likeness (QED) is 0.385. The number of ether oxygens (including phenoxy) is 2. The predicted octanol–water partition coefficient (Wildman–Crippen LogP) is 2.90. The Hall–Kier alpha value is -4.59. The van der Waals surface area contributed by atoms with E-state index in [0.717, 1.165) is 0 Å².